The molecule has 0 aromatic heterocycles. The maximum atomic E-state index is 13.0. The molecule has 0 saturated carbocycles. The highest BCUT2D eigenvalue weighted by Crippen LogP contribution is 2.37. The van der Waals surface area contributed by atoms with Crippen LogP contribution in [0.5, 0.6) is 5.75 Å². The number of carbonyl (C=O) groups is 1. The van der Waals surface area contributed by atoms with Crippen LogP contribution in [0.1, 0.15) is 36.5 Å². The smallest absolute Gasteiger partial charge is 0.181 e. The van der Waals surface area contributed by atoms with Gasteiger partial charge in [0.2, 0.25) is 0 Å². The summed E-state index contributed by atoms with van der Waals surface area (Å²) in [6.45, 7) is 5.87. The summed E-state index contributed by atoms with van der Waals surface area (Å²) in [6.07, 6.45) is 3.91. The molecular weight excluding hydrogens is 492 g/mol. The average Bonchev–Trinajstić information content (AvgIpc) is 2.44. The molecule has 5 heteroatoms. The number of piperidine rings is 1. The molecule has 0 spiro atoms. The van der Waals surface area contributed by atoms with E-state index in [4.69, 9.17) is 4.74 Å². The van der Waals surface area contributed by atoms with E-state index in [1.165, 1.54) is 32.4 Å². The number of fused-ring (bicyclic) bond motifs is 1. The van der Waals surface area contributed by atoms with Gasteiger partial charge in [0, 0.05) is 3.57 Å². The first-order valence-electron chi connectivity index (χ1n) is 7.50. The lowest BCUT2D eigenvalue weighted by molar-refractivity contribution is -0.910. The lowest BCUT2D eigenvalue weighted by Gasteiger charge is -2.36. The normalized spacial score (nSPS) is 26.3. The number of rotatable bonds is 2. The van der Waals surface area contributed by atoms with Crippen molar-refractivity contribution < 1.29 is 14.4 Å². The van der Waals surface area contributed by atoms with Gasteiger partial charge < -0.3 is 9.64 Å². The Morgan fingerprint density at radius 3 is 2.67 bits per heavy atom. The highest BCUT2D eigenvalue weighted by atomic mass is 127. The Bertz CT molecular complexity index is 570. The summed E-state index contributed by atoms with van der Waals surface area (Å²) >= 11 is 4.53. The Labute approximate surface area is 153 Å². The third-order valence-corrected chi connectivity index (χ3v) is 5.96. The number of hydrogen-bond donors (Lipinski definition) is 1. The second-order valence-electron chi connectivity index (χ2n) is 6.43. The van der Waals surface area contributed by atoms with E-state index in [0.29, 0.717) is 6.61 Å². The summed E-state index contributed by atoms with van der Waals surface area (Å²) in [5, 5.41) is 0. The summed E-state index contributed by atoms with van der Waals surface area (Å²) in [5.74, 6) is 1.05. The van der Waals surface area contributed by atoms with Crippen LogP contribution in [0.15, 0.2) is 12.1 Å². The van der Waals surface area contributed by atoms with E-state index in [-0.39, 0.29) is 11.2 Å². The molecule has 0 radical (unpaired) electrons. The second-order valence-corrected chi connectivity index (χ2v) is 8.84. The highest BCUT2D eigenvalue weighted by Gasteiger charge is 2.44. The van der Waals surface area contributed by atoms with Gasteiger partial charge in [-0.2, -0.15) is 0 Å². The van der Waals surface area contributed by atoms with Crippen molar-refractivity contribution in [2.75, 3.05) is 26.2 Å². The minimum absolute atomic E-state index is 0.262. The number of Topliss-reactive ketones (excluding diaryl/α,β-unsaturated/α-hetero) is 1. The lowest BCUT2D eigenvalue weighted by atomic mass is 9.80. The monoisotopic (exact) mass is 512 g/mol. The molecule has 1 saturated heterocycles. The summed E-state index contributed by atoms with van der Waals surface area (Å²) < 4.78 is 8.13. The maximum absolute atomic E-state index is 13.0. The van der Waals surface area contributed by atoms with Crippen molar-refractivity contribution in [1.82, 2.24) is 0 Å². The summed E-state index contributed by atoms with van der Waals surface area (Å²) in [6, 6.07) is 4.04. The fourth-order valence-electron chi connectivity index (χ4n) is 3.41. The zero-order valence-corrected chi connectivity index (χ0v) is 16.5. The predicted octanol–water partition coefficient (Wildman–Crippen LogP) is 2.55. The van der Waals surface area contributed by atoms with Crippen molar-refractivity contribution in [2.45, 2.75) is 26.2 Å². The van der Waals surface area contributed by atoms with Crippen LogP contribution >= 0.6 is 45.2 Å². The fraction of sp³-hybridized carbons (Fsp3) is 0.562. The largest absolute Gasteiger partial charge is 0.490 e. The molecule has 1 aromatic rings. The standard InChI is InChI=1S/C16H19I2NO2/c1-16(9-19-5-3-2-4-6-19)10-21-14-12(15(16)20)7-11(17)8-13(14)18/h7-8H,2-6,9-10H2,1H3/p+1. The van der Waals surface area contributed by atoms with E-state index in [1.807, 2.05) is 6.07 Å². The summed E-state index contributed by atoms with van der Waals surface area (Å²) in [5.41, 5.74) is 0.393. The Kier molecular flexibility index (Phi) is 4.80. The number of ketones is 1. The van der Waals surface area contributed by atoms with Gasteiger partial charge in [0.25, 0.3) is 0 Å². The van der Waals surface area contributed by atoms with Gasteiger partial charge in [-0.05, 0) is 83.5 Å². The molecule has 114 valence electrons. The molecule has 0 bridgehead atoms. The lowest BCUT2D eigenvalue weighted by Crippen LogP contribution is -3.14. The predicted molar refractivity (Wildman–Crippen MR) is 99.2 cm³/mol. The van der Waals surface area contributed by atoms with Crippen LogP contribution < -0.4 is 9.64 Å². The number of nitrogens with one attached hydrogen (secondary N) is 1. The van der Waals surface area contributed by atoms with Crippen molar-refractivity contribution in [3.8, 4) is 5.75 Å². The summed E-state index contributed by atoms with van der Waals surface area (Å²) in [7, 11) is 0. The van der Waals surface area contributed by atoms with Crippen LogP contribution in [-0.2, 0) is 0 Å². The average molecular weight is 512 g/mol. The molecule has 3 rings (SSSR count). The number of quaternary nitrogens is 1. The molecule has 2 aliphatic rings. The van der Waals surface area contributed by atoms with Crippen molar-refractivity contribution in [1.29, 1.82) is 0 Å². The van der Waals surface area contributed by atoms with E-state index < -0.39 is 0 Å². The van der Waals surface area contributed by atoms with Crippen LogP contribution in [0, 0.1) is 12.6 Å². The Hall–Kier alpha value is 0.110. The van der Waals surface area contributed by atoms with E-state index in [1.54, 1.807) is 4.90 Å². The minimum Gasteiger partial charge on any atom is -0.490 e. The number of carbonyl (C=O) groups excluding carboxylic acids is 1. The molecule has 1 unspecified atom stereocenters. The van der Waals surface area contributed by atoms with E-state index in [9.17, 15) is 4.79 Å². The van der Waals surface area contributed by atoms with Gasteiger partial charge in [-0.15, -0.1) is 0 Å². The van der Waals surface area contributed by atoms with Crippen LogP contribution in [-0.4, -0.2) is 32.0 Å². The highest BCUT2D eigenvalue weighted by molar-refractivity contribution is 14.1. The minimum atomic E-state index is -0.382. The molecule has 0 aliphatic carbocycles. The first-order valence-corrected chi connectivity index (χ1v) is 9.65. The molecule has 1 atom stereocenters. The Morgan fingerprint density at radius 1 is 1.24 bits per heavy atom. The van der Waals surface area contributed by atoms with Gasteiger partial charge in [-0.25, -0.2) is 0 Å². The van der Waals surface area contributed by atoms with E-state index in [0.717, 1.165) is 25.0 Å². The van der Waals surface area contributed by atoms with Gasteiger partial charge >= 0.3 is 0 Å². The van der Waals surface area contributed by atoms with Crippen molar-refractivity contribution in [2.24, 2.45) is 5.41 Å². The van der Waals surface area contributed by atoms with E-state index in [2.05, 4.69) is 58.2 Å². The molecule has 1 N–H and O–H groups in total. The molecule has 3 nitrogen and oxygen atoms in total. The molecule has 1 fully saturated rings. The number of ether oxygens (including phenoxy) is 1. The third kappa shape index (κ3) is 3.24. The van der Waals surface area contributed by atoms with Crippen molar-refractivity contribution >= 4 is 51.0 Å². The maximum Gasteiger partial charge on any atom is 0.181 e. The molecule has 2 aliphatic heterocycles. The second kappa shape index (κ2) is 6.31. The first kappa shape index (κ1) is 16.0. The third-order valence-electron chi connectivity index (χ3n) is 4.54. The van der Waals surface area contributed by atoms with Gasteiger partial charge in [0.1, 0.15) is 17.8 Å². The van der Waals surface area contributed by atoms with Gasteiger partial charge in [-0.1, -0.05) is 0 Å². The Balaban J connectivity index is 1.86. The van der Waals surface area contributed by atoms with Crippen LogP contribution in [0.4, 0.5) is 0 Å². The quantitative estimate of drug-likeness (QED) is 0.619. The van der Waals surface area contributed by atoms with Crippen molar-refractivity contribution in [3.63, 3.8) is 0 Å². The molecule has 21 heavy (non-hydrogen) atoms. The van der Waals surface area contributed by atoms with Crippen LogP contribution in [0.25, 0.3) is 0 Å². The summed E-state index contributed by atoms with van der Waals surface area (Å²) in [4.78, 5) is 14.6. The first-order chi connectivity index (χ1) is 9.99. The molecule has 1 aromatic carbocycles. The van der Waals surface area contributed by atoms with Gasteiger partial charge in [0.05, 0.1) is 28.8 Å². The van der Waals surface area contributed by atoms with Gasteiger partial charge in [-0.3, -0.25) is 4.79 Å². The van der Waals surface area contributed by atoms with E-state index >= 15 is 0 Å². The van der Waals surface area contributed by atoms with Gasteiger partial charge in [0.15, 0.2) is 5.78 Å². The van der Waals surface area contributed by atoms with Crippen LogP contribution in [0.2, 0.25) is 0 Å². The van der Waals surface area contributed by atoms with Crippen LogP contribution in [0.3, 0.4) is 0 Å². The molecule has 0 amide bonds. The topological polar surface area (TPSA) is 30.7 Å². The fourth-order valence-corrected chi connectivity index (χ4v) is 5.41. The zero-order valence-electron chi connectivity index (χ0n) is 12.2. The molecular formula is C16H20I2NO2+. The SMILES string of the molecule is CC1(C[NH+]2CCCCC2)COc2c(I)cc(I)cc2C1=O. The number of benzene rings is 1. The zero-order chi connectivity index (χ0) is 15.0. The number of likely N-dealkylation sites (tertiary alicyclic amines) is 1. The van der Waals surface area contributed by atoms with Crippen molar-refractivity contribution in [3.05, 3.63) is 24.8 Å². The molecule has 2 heterocycles. The number of halogens is 2. The Morgan fingerprint density at radius 2 is 1.95 bits per heavy atom. The number of hydrogen-bond acceptors (Lipinski definition) is 2.